The third-order valence-corrected chi connectivity index (χ3v) is 3.48. The van der Waals surface area contributed by atoms with Crippen LogP contribution in [0.15, 0.2) is 30.3 Å². The highest BCUT2D eigenvalue weighted by atomic mass is 35.5. The van der Waals surface area contributed by atoms with E-state index < -0.39 is 0 Å². The molecule has 0 saturated carbocycles. The maximum absolute atomic E-state index is 6.07. The first-order chi connectivity index (χ1) is 10.2. The molecule has 6 heteroatoms. The summed E-state index contributed by atoms with van der Waals surface area (Å²) in [5.74, 6) is 1.30. The van der Waals surface area contributed by atoms with Crippen LogP contribution in [0, 0.1) is 0 Å². The summed E-state index contributed by atoms with van der Waals surface area (Å²) in [7, 11) is 5.10. The predicted molar refractivity (Wildman–Crippen MR) is 82.1 cm³/mol. The van der Waals surface area contributed by atoms with Gasteiger partial charge in [0.1, 0.15) is 5.75 Å². The molecule has 0 saturated heterocycles. The average Bonchev–Trinajstić information content (AvgIpc) is 2.53. The van der Waals surface area contributed by atoms with Crippen LogP contribution in [0.1, 0.15) is 17.3 Å². The molecule has 0 aliphatic rings. The lowest BCUT2D eigenvalue weighted by atomic mass is 10.0. The highest BCUT2D eigenvalue weighted by molar-refractivity contribution is 6.30. The van der Waals surface area contributed by atoms with Crippen molar-refractivity contribution in [2.45, 2.75) is 12.5 Å². The molecule has 1 atom stereocenters. The van der Waals surface area contributed by atoms with Gasteiger partial charge in [-0.3, -0.25) is 0 Å². The Hall–Kier alpha value is -1.85. The molecule has 0 aliphatic carbocycles. The molecule has 5 nitrogen and oxygen atoms in total. The smallest absolute Gasteiger partial charge is 0.233 e. The zero-order valence-electron chi connectivity index (χ0n) is 12.3. The van der Waals surface area contributed by atoms with E-state index in [4.69, 9.17) is 21.1 Å². The average molecular weight is 308 g/mol. The van der Waals surface area contributed by atoms with Crippen molar-refractivity contribution < 1.29 is 9.47 Å². The Bertz CT molecular complexity index is 590. The summed E-state index contributed by atoms with van der Waals surface area (Å²) in [4.78, 5) is 0. The van der Waals surface area contributed by atoms with Gasteiger partial charge in [0.15, 0.2) is 0 Å². The van der Waals surface area contributed by atoms with Crippen LogP contribution in [0.3, 0.4) is 0 Å². The fourth-order valence-electron chi connectivity index (χ4n) is 2.11. The van der Waals surface area contributed by atoms with E-state index in [9.17, 15) is 0 Å². The normalized spacial score (nSPS) is 12.0. The van der Waals surface area contributed by atoms with Crippen LogP contribution in [0.5, 0.6) is 11.6 Å². The van der Waals surface area contributed by atoms with Crippen molar-refractivity contribution in [3.05, 3.63) is 46.6 Å². The standard InChI is InChI=1S/C15H18ClN3O2/c1-17-13(12-5-7-15(21-3)19-18-12)9-10-8-11(16)4-6-14(10)20-2/h4-8,13,17H,9H2,1-3H3. The van der Waals surface area contributed by atoms with Crippen LogP contribution in [0.25, 0.3) is 0 Å². The van der Waals surface area contributed by atoms with Crippen molar-refractivity contribution in [3.8, 4) is 11.6 Å². The van der Waals surface area contributed by atoms with Crippen LogP contribution in [0.4, 0.5) is 0 Å². The molecule has 1 heterocycles. The van der Waals surface area contributed by atoms with E-state index in [1.165, 1.54) is 0 Å². The molecule has 0 fully saturated rings. The van der Waals surface area contributed by atoms with E-state index in [2.05, 4.69) is 15.5 Å². The largest absolute Gasteiger partial charge is 0.496 e. The molecule has 21 heavy (non-hydrogen) atoms. The number of hydrogen-bond acceptors (Lipinski definition) is 5. The third-order valence-electron chi connectivity index (χ3n) is 3.24. The molecule has 0 aliphatic heterocycles. The van der Waals surface area contributed by atoms with E-state index >= 15 is 0 Å². The molecule has 0 bridgehead atoms. The molecule has 0 amide bonds. The van der Waals surface area contributed by atoms with E-state index in [0.29, 0.717) is 17.3 Å². The molecule has 112 valence electrons. The van der Waals surface area contributed by atoms with Crippen molar-refractivity contribution in [1.29, 1.82) is 0 Å². The van der Waals surface area contributed by atoms with Crippen LogP contribution in [-0.2, 0) is 6.42 Å². The van der Waals surface area contributed by atoms with Gasteiger partial charge < -0.3 is 14.8 Å². The van der Waals surface area contributed by atoms with Crippen molar-refractivity contribution >= 4 is 11.6 Å². The lowest BCUT2D eigenvalue weighted by Gasteiger charge is -2.17. The van der Waals surface area contributed by atoms with Gasteiger partial charge in [-0.1, -0.05) is 11.6 Å². The first-order valence-electron chi connectivity index (χ1n) is 6.55. The number of likely N-dealkylation sites (N-methyl/N-ethyl adjacent to an activating group) is 1. The zero-order valence-corrected chi connectivity index (χ0v) is 13.0. The molecule has 1 N–H and O–H groups in total. The van der Waals surface area contributed by atoms with Crippen molar-refractivity contribution in [3.63, 3.8) is 0 Å². The number of halogens is 1. The Morgan fingerprint density at radius 3 is 2.52 bits per heavy atom. The number of rotatable bonds is 6. The first kappa shape index (κ1) is 15.5. The van der Waals surface area contributed by atoms with E-state index in [1.54, 1.807) is 20.3 Å². The number of ether oxygens (including phenoxy) is 2. The molecule has 0 spiro atoms. The number of methoxy groups -OCH3 is 2. The van der Waals surface area contributed by atoms with Gasteiger partial charge in [0.2, 0.25) is 5.88 Å². The Kier molecular flexibility index (Phi) is 5.36. The van der Waals surface area contributed by atoms with Crippen LogP contribution in [0.2, 0.25) is 5.02 Å². The second-order valence-electron chi connectivity index (χ2n) is 4.50. The van der Waals surface area contributed by atoms with Crippen LogP contribution < -0.4 is 14.8 Å². The fourth-order valence-corrected chi connectivity index (χ4v) is 2.30. The summed E-state index contributed by atoms with van der Waals surface area (Å²) < 4.78 is 10.4. The van der Waals surface area contributed by atoms with E-state index in [0.717, 1.165) is 17.0 Å². The Morgan fingerprint density at radius 1 is 1.14 bits per heavy atom. The summed E-state index contributed by atoms with van der Waals surface area (Å²) >= 11 is 6.07. The van der Waals surface area contributed by atoms with E-state index in [1.807, 2.05) is 31.3 Å². The molecule has 1 aromatic carbocycles. The fraction of sp³-hybridized carbons (Fsp3) is 0.333. The number of nitrogens with zero attached hydrogens (tertiary/aromatic N) is 2. The van der Waals surface area contributed by atoms with Gasteiger partial charge in [-0.15, -0.1) is 5.10 Å². The number of nitrogens with one attached hydrogen (secondary N) is 1. The SMILES string of the molecule is CNC(Cc1cc(Cl)ccc1OC)c1ccc(OC)nn1. The van der Waals surface area contributed by atoms with Gasteiger partial charge in [-0.05, 0) is 43.3 Å². The molecule has 0 radical (unpaired) electrons. The van der Waals surface area contributed by atoms with Gasteiger partial charge in [-0.25, -0.2) is 0 Å². The summed E-state index contributed by atoms with van der Waals surface area (Å²) in [6.45, 7) is 0. The Balaban J connectivity index is 2.23. The molecule has 1 aromatic heterocycles. The highest BCUT2D eigenvalue weighted by Gasteiger charge is 2.15. The topological polar surface area (TPSA) is 56.3 Å². The molecular formula is C15H18ClN3O2. The van der Waals surface area contributed by atoms with Crippen LogP contribution in [-0.4, -0.2) is 31.5 Å². The summed E-state index contributed by atoms with van der Waals surface area (Å²) in [5.41, 5.74) is 1.85. The van der Waals surface area contributed by atoms with Crippen molar-refractivity contribution in [2.24, 2.45) is 0 Å². The molecule has 2 rings (SSSR count). The molecule has 1 unspecified atom stereocenters. The first-order valence-corrected chi connectivity index (χ1v) is 6.93. The maximum Gasteiger partial charge on any atom is 0.233 e. The van der Waals surface area contributed by atoms with Gasteiger partial charge in [0, 0.05) is 11.1 Å². The Morgan fingerprint density at radius 2 is 1.95 bits per heavy atom. The zero-order chi connectivity index (χ0) is 15.2. The van der Waals surface area contributed by atoms with Crippen molar-refractivity contribution in [2.75, 3.05) is 21.3 Å². The lowest BCUT2D eigenvalue weighted by molar-refractivity contribution is 0.388. The van der Waals surface area contributed by atoms with Gasteiger partial charge in [0.25, 0.3) is 0 Å². The second-order valence-corrected chi connectivity index (χ2v) is 4.94. The Labute approximate surface area is 129 Å². The highest BCUT2D eigenvalue weighted by Crippen LogP contribution is 2.27. The lowest BCUT2D eigenvalue weighted by Crippen LogP contribution is -2.20. The number of aromatic nitrogens is 2. The van der Waals surface area contributed by atoms with Gasteiger partial charge >= 0.3 is 0 Å². The monoisotopic (exact) mass is 307 g/mol. The summed E-state index contributed by atoms with van der Waals surface area (Å²) in [5, 5.41) is 12.1. The quantitative estimate of drug-likeness (QED) is 0.889. The number of hydrogen-bond donors (Lipinski definition) is 1. The van der Waals surface area contributed by atoms with Crippen molar-refractivity contribution in [1.82, 2.24) is 15.5 Å². The van der Waals surface area contributed by atoms with E-state index in [-0.39, 0.29) is 6.04 Å². The number of benzene rings is 1. The maximum atomic E-state index is 6.07. The predicted octanol–water partition coefficient (Wildman–Crippen LogP) is 2.65. The minimum absolute atomic E-state index is 0.00997. The minimum Gasteiger partial charge on any atom is -0.496 e. The van der Waals surface area contributed by atoms with Gasteiger partial charge in [0.05, 0.1) is 26.0 Å². The minimum atomic E-state index is 0.00997. The summed E-state index contributed by atoms with van der Waals surface area (Å²) in [6.07, 6.45) is 0.696. The van der Waals surface area contributed by atoms with Gasteiger partial charge in [-0.2, -0.15) is 5.10 Å². The molecule has 2 aromatic rings. The van der Waals surface area contributed by atoms with Crippen LogP contribution >= 0.6 is 11.6 Å². The third kappa shape index (κ3) is 3.83. The summed E-state index contributed by atoms with van der Waals surface area (Å²) in [6, 6.07) is 9.28. The molecular weight excluding hydrogens is 290 g/mol. The second kappa shape index (κ2) is 7.24.